The van der Waals surface area contributed by atoms with Crippen LogP contribution in [-0.4, -0.2) is 87.5 Å². The summed E-state index contributed by atoms with van der Waals surface area (Å²) in [6.45, 7) is 3.65. The highest BCUT2D eigenvalue weighted by atomic mass is 16.7. The maximum atomic E-state index is 12.8. The predicted octanol–water partition coefficient (Wildman–Crippen LogP) is 5.60. The summed E-state index contributed by atoms with van der Waals surface area (Å²) >= 11 is 0. The first-order valence-corrected chi connectivity index (χ1v) is 18.1. The minimum absolute atomic E-state index is 0.191. The Morgan fingerprint density at radius 2 is 1.29 bits per heavy atom. The molecule has 1 fully saturated rings. The fraction of sp³-hybridized carbons (Fsp3) is 0.861. The second-order valence-corrected chi connectivity index (χ2v) is 12.7. The van der Waals surface area contributed by atoms with Gasteiger partial charge in [0.15, 0.2) is 6.29 Å². The standard InChI is InChI=1S/C36H67NO8/c1-3-5-7-9-11-13-15-16-17-19-21-23-25-30(39)29(28-44-36-35(43)34(42)33(41)31(27-38)45-36)37-32(40)26-24-22-20-18-14-12-10-8-6-4-2/h8,10,23,25,29-31,33-36,38-39,41-43H,3-7,9,11-22,24,26-28H2,1-2H3,(H,37,40)/b10-8-,25-23+. The Kier molecular flexibility index (Phi) is 25.7. The number of nitrogens with one attached hydrogen (secondary N) is 1. The van der Waals surface area contributed by atoms with Gasteiger partial charge in [0.1, 0.15) is 24.4 Å². The van der Waals surface area contributed by atoms with E-state index in [4.69, 9.17) is 9.47 Å². The minimum Gasteiger partial charge on any atom is -0.394 e. The molecule has 264 valence electrons. The molecule has 0 radical (unpaired) electrons. The summed E-state index contributed by atoms with van der Waals surface area (Å²) in [5, 5.41) is 53.7. The van der Waals surface area contributed by atoms with Crippen molar-refractivity contribution in [1.82, 2.24) is 5.32 Å². The lowest BCUT2D eigenvalue weighted by Crippen LogP contribution is -2.60. The first-order valence-electron chi connectivity index (χ1n) is 18.1. The van der Waals surface area contributed by atoms with Crippen molar-refractivity contribution in [2.75, 3.05) is 13.2 Å². The van der Waals surface area contributed by atoms with E-state index in [1.165, 1.54) is 57.8 Å². The Morgan fingerprint density at radius 1 is 0.733 bits per heavy atom. The number of ether oxygens (including phenoxy) is 2. The van der Waals surface area contributed by atoms with Crippen LogP contribution in [0.1, 0.15) is 142 Å². The third-order valence-electron chi connectivity index (χ3n) is 8.50. The first-order chi connectivity index (χ1) is 21.8. The molecule has 0 spiro atoms. The molecule has 0 aromatic heterocycles. The quantitative estimate of drug-likeness (QED) is 0.0478. The summed E-state index contributed by atoms with van der Waals surface area (Å²) in [6.07, 6.45) is 22.2. The third kappa shape index (κ3) is 19.8. The Bertz CT molecular complexity index is 761. The molecule has 45 heavy (non-hydrogen) atoms. The molecule has 9 heteroatoms. The number of hydrogen-bond acceptors (Lipinski definition) is 8. The minimum atomic E-state index is -1.56. The number of hydrogen-bond donors (Lipinski definition) is 6. The van der Waals surface area contributed by atoms with Gasteiger partial charge in [-0.15, -0.1) is 0 Å². The number of carbonyl (C=O) groups is 1. The van der Waals surface area contributed by atoms with Gasteiger partial charge in [0, 0.05) is 6.42 Å². The van der Waals surface area contributed by atoms with Crippen LogP contribution < -0.4 is 5.32 Å². The number of aliphatic hydroxyl groups excluding tert-OH is 5. The molecule has 0 aromatic rings. The summed E-state index contributed by atoms with van der Waals surface area (Å²) in [7, 11) is 0. The van der Waals surface area contributed by atoms with Gasteiger partial charge in [-0.25, -0.2) is 0 Å². The second kappa shape index (κ2) is 27.8. The van der Waals surface area contributed by atoms with Crippen LogP contribution in [0.3, 0.4) is 0 Å². The van der Waals surface area contributed by atoms with Crippen molar-refractivity contribution >= 4 is 5.91 Å². The van der Waals surface area contributed by atoms with Gasteiger partial charge in [0.05, 0.1) is 25.4 Å². The molecule has 0 saturated carbocycles. The van der Waals surface area contributed by atoms with Crippen LogP contribution in [0.25, 0.3) is 0 Å². The molecule has 1 amide bonds. The zero-order chi connectivity index (χ0) is 33.1. The molecule has 1 aliphatic rings. The molecule has 0 aromatic carbocycles. The van der Waals surface area contributed by atoms with E-state index in [2.05, 4.69) is 31.3 Å². The van der Waals surface area contributed by atoms with Gasteiger partial charge in [-0.2, -0.15) is 0 Å². The highest BCUT2D eigenvalue weighted by molar-refractivity contribution is 5.76. The van der Waals surface area contributed by atoms with E-state index in [9.17, 15) is 30.3 Å². The number of carbonyl (C=O) groups excluding carboxylic acids is 1. The second-order valence-electron chi connectivity index (χ2n) is 12.7. The van der Waals surface area contributed by atoms with E-state index in [1.54, 1.807) is 6.08 Å². The molecule has 0 bridgehead atoms. The summed E-state index contributed by atoms with van der Waals surface area (Å²) in [6, 6.07) is -0.802. The normalized spacial score (nSPS) is 23.6. The fourth-order valence-electron chi connectivity index (χ4n) is 5.51. The van der Waals surface area contributed by atoms with Crippen LogP contribution in [0.4, 0.5) is 0 Å². The largest absolute Gasteiger partial charge is 0.394 e. The summed E-state index contributed by atoms with van der Waals surface area (Å²) in [4.78, 5) is 12.8. The van der Waals surface area contributed by atoms with Gasteiger partial charge in [0.25, 0.3) is 0 Å². The van der Waals surface area contributed by atoms with Crippen molar-refractivity contribution in [2.45, 2.75) is 185 Å². The fourth-order valence-corrected chi connectivity index (χ4v) is 5.51. The molecule has 0 aliphatic carbocycles. The maximum Gasteiger partial charge on any atom is 0.220 e. The topological polar surface area (TPSA) is 149 Å². The highest BCUT2D eigenvalue weighted by Crippen LogP contribution is 2.22. The van der Waals surface area contributed by atoms with Crippen molar-refractivity contribution in [3.63, 3.8) is 0 Å². The number of rotatable bonds is 28. The number of amides is 1. The first kappa shape index (κ1) is 41.7. The van der Waals surface area contributed by atoms with Crippen LogP contribution >= 0.6 is 0 Å². The lowest BCUT2D eigenvalue weighted by atomic mass is 9.99. The van der Waals surface area contributed by atoms with Crippen LogP contribution in [0.2, 0.25) is 0 Å². The molecular weight excluding hydrogens is 574 g/mol. The van der Waals surface area contributed by atoms with Crippen molar-refractivity contribution in [3.8, 4) is 0 Å². The van der Waals surface area contributed by atoms with Crippen LogP contribution in [0, 0.1) is 0 Å². The van der Waals surface area contributed by atoms with Gasteiger partial charge in [-0.1, -0.05) is 122 Å². The zero-order valence-electron chi connectivity index (χ0n) is 28.4. The monoisotopic (exact) mass is 641 g/mol. The van der Waals surface area contributed by atoms with E-state index in [1.807, 2.05) is 6.08 Å². The van der Waals surface area contributed by atoms with Gasteiger partial charge in [-0.3, -0.25) is 4.79 Å². The van der Waals surface area contributed by atoms with Crippen LogP contribution in [-0.2, 0) is 14.3 Å². The SMILES string of the molecule is CCC/C=C\CCCCCCCC(=O)NC(COC1OC(CO)C(O)C(O)C1O)C(O)/C=C/CCCCCCCCCCCC. The zero-order valence-corrected chi connectivity index (χ0v) is 28.4. The average Bonchev–Trinajstić information content (AvgIpc) is 3.04. The van der Waals surface area contributed by atoms with Crippen molar-refractivity contribution < 1.29 is 39.8 Å². The Morgan fingerprint density at radius 3 is 1.89 bits per heavy atom. The lowest BCUT2D eigenvalue weighted by molar-refractivity contribution is -0.302. The van der Waals surface area contributed by atoms with E-state index in [0.717, 1.165) is 64.2 Å². The smallest absolute Gasteiger partial charge is 0.220 e. The van der Waals surface area contributed by atoms with E-state index >= 15 is 0 Å². The molecule has 1 heterocycles. The predicted molar refractivity (Wildman–Crippen MR) is 180 cm³/mol. The molecule has 1 saturated heterocycles. The summed E-state index contributed by atoms with van der Waals surface area (Å²) in [5.74, 6) is -0.193. The van der Waals surface area contributed by atoms with Gasteiger partial charge in [-0.05, 0) is 38.5 Å². The molecule has 1 aliphatic heterocycles. The Labute approximate surface area is 273 Å². The Balaban J connectivity index is 2.51. The third-order valence-corrected chi connectivity index (χ3v) is 8.50. The van der Waals surface area contributed by atoms with Crippen molar-refractivity contribution in [2.24, 2.45) is 0 Å². The summed E-state index contributed by atoms with van der Waals surface area (Å²) in [5.41, 5.74) is 0. The van der Waals surface area contributed by atoms with Crippen LogP contribution in [0.15, 0.2) is 24.3 Å². The molecule has 9 nitrogen and oxygen atoms in total. The van der Waals surface area contributed by atoms with E-state index in [-0.39, 0.29) is 12.5 Å². The maximum absolute atomic E-state index is 12.8. The summed E-state index contributed by atoms with van der Waals surface area (Å²) < 4.78 is 11.1. The number of aliphatic hydroxyl groups is 5. The molecular formula is C36H67NO8. The number of unbranched alkanes of at least 4 members (excludes halogenated alkanes) is 16. The lowest BCUT2D eigenvalue weighted by Gasteiger charge is -2.40. The number of allylic oxidation sites excluding steroid dienone is 3. The van der Waals surface area contributed by atoms with Gasteiger partial charge in [0.2, 0.25) is 5.91 Å². The molecule has 6 N–H and O–H groups in total. The Hall–Kier alpha value is -1.33. The average molecular weight is 642 g/mol. The van der Waals surface area contributed by atoms with Gasteiger partial charge < -0.3 is 40.3 Å². The van der Waals surface area contributed by atoms with Crippen molar-refractivity contribution in [3.05, 3.63) is 24.3 Å². The van der Waals surface area contributed by atoms with Crippen molar-refractivity contribution in [1.29, 1.82) is 0 Å². The van der Waals surface area contributed by atoms with Gasteiger partial charge >= 0.3 is 0 Å². The molecule has 1 rings (SSSR count). The molecule has 7 atom stereocenters. The van der Waals surface area contributed by atoms with Crippen LogP contribution in [0.5, 0.6) is 0 Å². The highest BCUT2D eigenvalue weighted by Gasteiger charge is 2.44. The molecule has 7 unspecified atom stereocenters. The van der Waals surface area contributed by atoms with E-state index < -0.39 is 49.5 Å². The van der Waals surface area contributed by atoms with E-state index in [0.29, 0.717) is 6.42 Å².